The first-order chi connectivity index (χ1) is 34.1. The number of ether oxygens (including phenoxy) is 1. The molecule has 1 saturated heterocycles. The van der Waals surface area contributed by atoms with Crippen LogP contribution in [0.15, 0.2) is 12.7 Å². The standard InChI is InChI=1S/C44H80N7O17P3S.3H3N/c1-4-5-6-7-8-9-10-11-12-13-14-15-16-17-18-19-20-21-22-23-24-35(53)72-28-27-46-34(52)25-26-47-42(56)39(55)44(2,3)30-65-71(62,63)68-70(60,61)64-29-33-38(67-69(57,58)59)37(54)43(66-33)51-32-50-36-40(45)48-31-49-41(36)51;;;/h31-33,37-39,43,54-55H,4-30H2,1-3H3,(H,46,52)(H,47,56)(H,60,61)(H,62,63)(H2,45,48,49)(H2,57,58,59);3*1H3. The normalized spacial score (nSPS) is 19.4. The summed E-state index contributed by atoms with van der Waals surface area (Å²) in [5, 5.41) is 26.6. The Morgan fingerprint density at radius 3 is 1.85 bits per heavy atom. The Kier molecular flexibility index (Phi) is 36.1. The van der Waals surface area contributed by atoms with Crippen molar-refractivity contribution in [2.75, 3.05) is 37.8 Å². The smallest absolute Gasteiger partial charge is 0.274 e. The number of thioether (sulfide) groups is 1. The molecule has 2 aromatic heterocycles. The van der Waals surface area contributed by atoms with Crippen LogP contribution in [0, 0.1) is 5.41 Å². The SMILES string of the molecule is CCCCCCCCCCCCCCCCCCCCCCC(=O)SCCNC(=O)CCNC(=O)C(O)C(C)(C)COP(=O)([O-])OP(=O)([O-])OCC1OC(n2cnc3c(N)ncnc32)C(O)C1OP(=O)([O-])O.[NH4+].[NH4+].[NH4+]. The number of phosphoric acid groups is 3. The van der Waals surface area contributed by atoms with E-state index in [1.165, 1.54) is 123 Å². The summed E-state index contributed by atoms with van der Waals surface area (Å²) in [5.74, 6) is -1.10. The number of nitrogen functional groups attached to an aromatic ring is 1. The maximum Gasteiger partial charge on any atom is 0.274 e. The average molecular weight is 1160 g/mol. The highest BCUT2D eigenvalue weighted by Crippen LogP contribution is 2.56. The number of aromatic nitrogens is 4. The first-order valence-corrected chi connectivity index (χ1v) is 30.5. The number of hydrogen-bond acceptors (Lipinski definition) is 21. The summed E-state index contributed by atoms with van der Waals surface area (Å²) < 4.78 is 61.2. The lowest BCUT2D eigenvalue weighted by Crippen LogP contribution is -2.46. The van der Waals surface area contributed by atoms with Gasteiger partial charge in [-0.05, 0) is 6.42 Å². The number of quaternary nitrogens is 3. The zero-order valence-electron chi connectivity index (χ0n) is 44.8. The van der Waals surface area contributed by atoms with Crippen molar-refractivity contribution in [3.63, 3.8) is 0 Å². The number of carbonyl (C=O) groups is 3. The summed E-state index contributed by atoms with van der Waals surface area (Å²) in [6.07, 6.45) is 18.9. The fraction of sp³-hybridized carbons (Fsp3) is 0.818. The van der Waals surface area contributed by atoms with Gasteiger partial charge in [0.15, 0.2) is 22.8 Å². The molecule has 0 radical (unpaired) electrons. The van der Waals surface area contributed by atoms with Gasteiger partial charge >= 0.3 is 0 Å². The van der Waals surface area contributed by atoms with E-state index in [4.69, 9.17) is 10.5 Å². The number of aliphatic hydroxyl groups excluding tert-OH is 2. The van der Waals surface area contributed by atoms with Gasteiger partial charge in [-0.3, -0.25) is 32.6 Å². The van der Waals surface area contributed by atoms with E-state index in [1.54, 1.807) is 0 Å². The van der Waals surface area contributed by atoms with Crippen LogP contribution >= 0.6 is 35.2 Å². The predicted octanol–water partition coefficient (Wildman–Crippen LogP) is 6.11. The molecule has 1 fully saturated rings. The number of imidazole rings is 1. The molecule has 2 aromatic rings. The molecule has 3 rings (SSSR count). The molecular weight excluding hydrogens is 1070 g/mol. The number of rotatable bonds is 40. The Balaban J connectivity index is 0.0000183. The predicted molar refractivity (Wildman–Crippen MR) is 281 cm³/mol. The maximum atomic E-state index is 12.7. The number of hydrogen-bond donors (Lipinski definition) is 9. The summed E-state index contributed by atoms with van der Waals surface area (Å²) in [4.78, 5) is 95.1. The maximum absolute atomic E-state index is 12.7. The van der Waals surface area contributed by atoms with E-state index in [0.29, 0.717) is 12.2 Å². The molecule has 0 bridgehead atoms. The average Bonchev–Trinajstić information content (AvgIpc) is 3.87. The van der Waals surface area contributed by atoms with Crippen LogP contribution in [0.4, 0.5) is 5.82 Å². The van der Waals surface area contributed by atoms with Gasteiger partial charge in [0.1, 0.15) is 36.3 Å². The zero-order valence-corrected chi connectivity index (χ0v) is 48.3. The van der Waals surface area contributed by atoms with Crippen molar-refractivity contribution in [2.24, 2.45) is 5.41 Å². The molecule has 3 heterocycles. The molecule has 75 heavy (non-hydrogen) atoms. The molecule has 0 aromatic carbocycles. The summed E-state index contributed by atoms with van der Waals surface area (Å²) in [6, 6.07) is 0. The quantitative estimate of drug-likeness (QED) is 0.0268. The minimum Gasteiger partial charge on any atom is -0.756 e. The number of aliphatic hydroxyl groups is 2. The van der Waals surface area contributed by atoms with Crippen LogP contribution in [0.5, 0.6) is 0 Å². The number of nitrogens with one attached hydrogen (secondary N) is 2. The van der Waals surface area contributed by atoms with Crippen molar-refractivity contribution in [3.05, 3.63) is 12.7 Å². The number of anilines is 1. The highest BCUT2D eigenvalue weighted by Gasteiger charge is 2.48. The van der Waals surface area contributed by atoms with Crippen LogP contribution < -0.4 is 49.5 Å². The Morgan fingerprint density at radius 1 is 0.800 bits per heavy atom. The number of carbonyl (C=O) groups excluding carboxylic acids is 3. The Hall–Kier alpha value is -2.56. The first kappa shape index (κ1) is 72.4. The summed E-state index contributed by atoms with van der Waals surface area (Å²) >= 11 is 1.15. The number of unbranched alkanes of at least 4 members (excludes halogenated alkanes) is 19. The third kappa shape index (κ3) is 28.8. The third-order valence-corrected chi connectivity index (χ3v) is 15.9. The Morgan fingerprint density at radius 2 is 1.32 bits per heavy atom. The van der Waals surface area contributed by atoms with Crippen LogP contribution in [-0.4, -0.2) is 108 Å². The first-order valence-electron chi connectivity index (χ1n) is 25.0. The summed E-state index contributed by atoms with van der Waals surface area (Å²) in [5.41, 5.74) is 4.14. The van der Waals surface area contributed by atoms with Crippen LogP contribution in [0.25, 0.3) is 11.2 Å². The van der Waals surface area contributed by atoms with Crippen molar-refractivity contribution >= 4 is 69.1 Å². The highest BCUT2D eigenvalue weighted by atomic mass is 32.2. The van der Waals surface area contributed by atoms with Gasteiger partial charge in [0.25, 0.3) is 23.5 Å². The largest absolute Gasteiger partial charge is 0.756 e. The lowest BCUT2D eigenvalue weighted by molar-refractivity contribution is -0.247. The fourth-order valence-electron chi connectivity index (χ4n) is 7.87. The second-order valence-electron chi connectivity index (χ2n) is 18.7. The molecule has 438 valence electrons. The molecule has 0 spiro atoms. The van der Waals surface area contributed by atoms with Gasteiger partial charge in [-0.2, -0.15) is 0 Å². The lowest BCUT2D eigenvalue weighted by atomic mass is 9.87. The van der Waals surface area contributed by atoms with Gasteiger partial charge in [-0.15, -0.1) is 0 Å². The van der Waals surface area contributed by atoms with E-state index < -0.39 is 84.6 Å². The Bertz CT molecular complexity index is 2090. The van der Waals surface area contributed by atoms with Crippen LogP contribution in [0.1, 0.15) is 168 Å². The number of fused-ring (bicyclic) bond motifs is 1. The summed E-state index contributed by atoms with van der Waals surface area (Å²) in [6.45, 7) is 2.50. The number of nitrogens with two attached hydrogens (primary N) is 1. The van der Waals surface area contributed by atoms with Crippen LogP contribution in [-0.2, 0) is 50.7 Å². The number of amides is 2. The van der Waals surface area contributed by atoms with Crippen molar-refractivity contribution in [1.29, 1.82) is 0 Å². The van der Waals surface area contributed by atoms with Gasteiger partial charge in [-0.1, -0.05) is 155 Å². The van der Waals surface area contributed by atoms with Crippen LogP contribution in [0.3, 0.4) is 0 Å². The topological polar surface area (TPSA) is 482 Å². The number of phosphoric ester groups is 3. The molecule has 8 unspecified atom stereocenters. The van der Waals surface area contributed by atoms with E-state index in [-0.39, 0.29) is 60.1 Å². The molecule has 0 aliphatic carbocycles. The Labute approximate surface area is 445 Å². The molecule has 1 aliphatic rings. The fourth-order valence-corrected chi connectivity index (χ4v) is 11.3. The second-order valence-corrected chi connectivity index (χ2v) is 24.0. The molecule has 1 aliphatic heterocycles. The van der Waals surface area contributed by atoms with Gasteiger partial charge < -0.3 is 82.9 Å². The van der Waals surface area contributed by atoms with E-state index in [1.807, 2.05) is 0 Å². The van der Waals surface area contributed by atoms with E-state index in [2.05, 4.69) is 50.4 Å². The molecule has 8 atom stereocenters. The van der Waals surface area contributed by atoms with E-state index >= 15 is 0 Å². The van der Waals surface area contributed by atoms with Crippen molar-refractivity contribution in [3.8, 4) is 0 Å². The van der Waals surface area contributed by atoms with E-state index in [0.717, 1.165) is 48.2 Å². The number of nitrogens with zero attached hydrogens (tertiary/aromatic N) is 4. The van der Waals surface area contributed by atoms with Crippen molar-refractivity contribution in [1.82, 2.24) is 48.6 Å². The zero-order chi connectivity index (χ0) is 53.2. The monoisotopic (exact) mass is 1150 g/mol. The van der Waals surface area contributed by atoms with Gasteiger partial charge in [0, 0.05) is 37.1 Å². The highest BCUT2D eigenvalue weighted by molar-refractivity contribution is 8.13. The van der Waals surface area contributed by atoms with Gasteiger partial charge in [-0.25, -0.2) is 19.3 Å². The van der Waals surface area contributed by atoms with Crippen molar-refractivity contribution in [2.45, 2.75) is 193 Å². The van der Waals surface area contributed by atoms with Gasteiger partial charge in [0.05, 0.1) is 19.5 Å². The van der Waals surface area contributed by atoms with E-state index in [9.17, 15) is 57.9 Å². The molecule has 2 amide bonds. The van der Waals surface area contributed by atoms with Crippen LogP contribution in [0.2, 0.25) is 0 Å². The molecule has 19 N–H and O–H groups in total. The minimum atomic E-state index is -5.90. The minimum absolute atomic E-state index is 0. The van der Waals surface area contributed by atoms with Crippen molar-refractivity contribution < 1.29 is 80.5 Å². The lowest BCUT2D eigenvalue weighted by Gasteiger charge is -2.35. The van der Waals surface area contributed by atoms with Gasteiger partial charge in [0.2, 0.25) is 11.8 Å². The molecule has 31 heteroatoms. The molecule has 0 saturated carbocycles. The summed E-state index contributed by atoms with van der Waals surface area (Å²) in [7, 11) is -17.3. The second kappa shape index (κ2) is 37.3. The molecule has 27 nitrogen and oxygen atoms in total. The third-order valence-electron chi connectivity index (χ3n) is 12.0. The molecular formula is C44H89N10O17P3S.